The number of amides is 3. The first kappa shape index (κ1) is 52.9. The Morgan fingerprint density at radius 3 is 2.40 bits per heavy atom. The molecule has 0 radical (unpaired) electrons. The summed E-state index contributed by atoms with van der Waals surface area (Å²) in [6.45, 7) is 15.0. The van der Waals surface area contributed by atoms with Crippen molar-refractivity contribution in [3.8, 4) is 16.9 Å². The third kappa shape index (κ3) is 11.2. The number of aryl methyl sites for hydroxylation is 1. The van der Waals surface area contributed by atoms with Gasteiger partial charge in [0.25, 0.3) is 5.91 Å². The number of piperidine rings is 1. The topological polar surface area (TPSA) is 164 Å². The number of rotatable bonds is 14. The molecular weight excluding hydrogens is 999 g/mol. The van der Waals surface area contributed by atoms with Crippen molar-refractivity contribution in [3.05, 3.63) is 125 Å². The van der Waals surface area contributed by atoms with Crippen molar-refractivity contribution in [2.24, 2.45) is 13.0 Å². The van der Waals surface area contributed by atoms with Crippen LogP contribution >= 0.6 is 11.3 Å². The summed E-state index contributed by atoms with van der Waals surface area (Å²) in [5.74, 6) is 0.567. The molecule has 0 bridgehead atoms. The number of pyridine rings is 1. The van der Waals surface area contributed by atoms with E-state index in [-0.39, 0.29) is 29.5 Å². The highest BCUT2D eigenvalue weighted by atomic mass is 32.1. The number of imide groups is 1. The maximum absolute atomic E-state index is 14.2. The summed E-state index contributed by atoms with van der Waals surface area (Å²) in [5, 5.41) is 11.9. The largest absolute Gasteiger partial charge is 0.490 e. The Balaban J connectivity index is 0.691. The first-order valence-electron chi connectivity index (χ1n) is 28.0. The average molecular weight is 1070 g/mol. The minimum Gasteiger partial charge on any atom is -0.490 e. The van der Waals surface area contributed by atoms with Crippen LogP contribution in [0.5, 0.6) is 5.75 Å². The summed E-state index contributed by atoms with van der Waals surface area (Å²) >= 11 is 1.45. The zero-order chi connectivity index (χ0) is 54.2. The molecular formula is C62H71N9O6S. The van der Waals surface area contributed by atoms with Crippen molar-refractivity contribution >= 4 is 72.8 Å². The van der Waals surface area contributed by atoms with E-state index >= 15 is 0 Å². The molecule has 3 fully saturated rings. The summed E-state index contributed by atoms with van der Waals surface area (Å²) in [6, 6.07) is 30.5. The molecule has 7 aromatic rings. The molecule has 4 aromatic carbocycles. The fourth-order valence-corrected chi connectivity index (χ4v) is 13.1. The predicted octanol–water partition coefficient (Wildman–Crippen LogP) is 11.2. The van der Waals surface area contributed by atoms with Crippen molar-refractivity contribution < 1.29 is 28.7 Å². The van der Waals surface area contributed by atoms with Gasteiger partial charge in [0.05, 0.1) is 39.1 Å². The number of esters is 1. The molecule has 3 amide bonds. The number of carbonyl (C=O) groups excluding carboxylic acids is 4. The number of thiazole rings is 1. The third-order valence-corrected chi connectivity index (χ3v) is 17.4. The van der Waals surface area contributed by atoms with Crippen molar-refractivity contribution in [2.45, 2.75) is 129 Å². The maximum atomic E-state index is 14.2. The number of hydrogen-bond donors (Lipinski definition) is 2. The standard InChI is InChI=1S/C62H71N9O6S/c1-38(69-33-35-70(36-34-69)50-20-11-18-46-55(67-68(6)57(46)50)47-28-30-54(72)65-59(47)74)13-9-14-40-23-25-42(26-24-40)76-51-21-12-16-43(39(51)2)44-27-29-53(64-56(44)60(75)77-62(3,4)5)71-32-31-41-15-10-17-45(48(41)37-71)58(73)66-61-63-49-19-7-8-22-52(49)78-61/h7-8,10-12,15-22,27,29,38,40,42,47H,9,13-14,23-26,28,30-37H2,1-6H3,(H,63,66,73)(H,65,72,74)/t38-,40?,42?,47-/m1/s1. The lowest BCUT2D eigenvalue weighted by atomic mass is 9.84. The van der Waals surface area contributed by atoms with Crippen LogP contribution in [0.4, 0.5) is 16.6 Å². The second-order valence-electron chi connectivity index (χ2n) is 22.8. The number of nitrogens with one attached hydrogen (secondary N) is 2. The lowest BCUT2D eigenvalue weighted by molar-refractivity contribution is -0.134. The van der Waals surface area contributed by atoms with Gasteiger partial charge in [0.1, 0.15) is 17.2 Å². The summed E-state index contributed by atoms with van der Waals surface area (Å²) in [4.78, 5) is 69.5. The van der Waals surface area contributed by atoms with Crippen molar-refractivity contribution in [2.75, 3.05) is 47.8 Å². The van der Waals surface area contributed by atoms with E-state index in [0.717, 1.165) is 112 Å². The van der Waals surface area contributed by atoms with Gasteiger partial charge in [0, 0.05) is 75.3 Å². The first-order chi connectivity index (χ1) is 37.6. The number of fused-ring (bicyclic) bond motifs is 3. The number of hydrogen-bond acceptors (Lipinski definition) is 13. The number of benzene rings is 4. The van der Waals surface area contributed by atoms with E-state index in [1.807, 2.05) is 99.2 Å². The quantitative estimate of drug-likeness (QED) is 0.0784. The van der Waals surface area contributed by atoms with Crippen LogP contribution in [-0.4, -0.2) is 98.8 Å². The van der Waals surface area contributed by atoms with Crippen molar-refractivity contribution in [3.63, 3.8) is 0 Å². The second-order valence-corrected chi connectivity index (χ2v) is 23.8. The predicted molar refractivity (Wildman–Crippen MR) is 308 cm³/mol. The lowest BCUT2D eigenvalue weighted by Crippen LogP contribution is -2.49. The minimum absolute atomic E-state index is 0.118. The van der Waals surface area contributed by atoms with Crippen LogP contribution in [-0.2, 0) is 34.3 Å². The normalized spacial score (nSPS) is 19.6. The first-order valence-corrected chi connectivity index (χ1v) is 28.8. The van der Waals surface area contributed by atoms with Crippen LogP contribution in [0.15, 0.2) is 91.0 Å². The highest BCUT2D eigenvalue weighted by Gasteiger charge is 2.34. The van der Waals surface area contributed by atoms with Crippen LogP contribution in [0, 0.1) is 12.8 Å². The Morgan fingerprint density at radius 1 is 0.833 bits per heavy atom. The van der Waals surface area contributed by atoms with Crippen LogP contribution < -0.4 is 25.2 Å². The highest BCUT2D eigenvalue weighted by Crippen LogP contribution is 2.39. The van der Waals surface area contributed by atoms with E-state index in [9.17, 15) is 19.2 Å². The smallest absolute Gasteiger partial charge is 0.358 e. The molecule has 1 saturated carbocycles. The molecule has 15 nitrogen and oxygen atoms in total. The van der Waals surface area contributed by atoms with Crippen LogP contribution in [0.1, 0.15) is 135 Å². The summed E-state index contributed by atoms with van der Waals surface area (Å²) in [7, 11) is 1.95. The van der Waals surface area contributed by atoms with Crippen molar-refractivity contribution in [1.82, 2.24) is 30.0 Å². The lowest BCUT2D eigenvalue weighted by Gasteiger charge is -2.39. The summed E-state index contributed by atoms with van der Waals surface area (Å²) in [6.07, 6.45) is 9.57. The van der Waals surface area contributed by atoms with Gasteiger partial charge in [-0.3, -0.25) is 34.6 Å². The Kier molecular flexibility index (Phi) is 15.1. The van der Waals surface area contributed by atoms with E-state index in [4.69, 9.17) is 19.6 Å². The highest BCUT2D eigenvalue weighted by molar-refractivity contribution is 7.22. The second kappa shape index (κ2) is 22.3. The molecule has 16 heteroatoms. The van der Waals surface area contributed by atoms with E-state index in [1.165, 1.54) is 30.6 Å². The van der Waals surface area contributed by atoms with E-state index in [1.54, 1.807) is 0 Å². The molecule has 2 saturated heterocycles. The molecule has 3 aliphatic heterocycles. The molecule has 2 N–H and O–H groups in total. The molecule has 11 rings (SSSR count). The molecule has 2 atom stereocenters. The zero-order valence-corrected chi connectivity index (χ0v) is 46.6. The molecule has 4 aliphatic rings. The Morgan fingerprint density at radius 2 is 1.62 bits per heavy atom. The van der Waals surface area contributed by atoms with Gasteiger partial charge in [-0.15, -0.1) is 0 Å². The van der Waals surface area contributed by atoms with Gasteiger partial charge < -0.3 is 19.3 Å². The van der Waals surface area contributed by atoms with Crippen LogP contribution in [0.2, 0.25) is 0 Å². The van der Waals surface area contributed by atoms with Crippen LogP contribution in [0.3, 0.4) is 0 Å². The van der Waals surface area contributed by atoms with Gasteiger partial charge >= 0.3 is 5.97 Å². The molecule has 1 aliphatic carbocycles. The van der Waals surface area contributed by atoms with Gasteiger partial charge in [0.15, 0.2) is 10.8 Å². The SMILES string of the molecule is Cc1c(OC2CCC(CCC[C@@H](C)N3CCN(c4cccc5c([C@H]6CCC(=O)NC6=O)nn(C)c45)CC3)CC2)cccc1-c1ccc(N2CCc3cccc(C(=O)Nc4nc5ccccc5s4)c3C2)nc1C(=O)OC(C)(C)C. The average Bonchev–Trinajstić information content (AvgIpc) is 4.11. The summed E-state index contributed by atoms with van der Waals surface area (Å²) < 4.78 is 15.7. The Bertz CT molecular complexity index is 3370. The van der Waals surface area contributed by atoms with Gasteiger partial charge in [-0.1, -0.05) is 72.7 Å². The van der Waals surface area contributed by atoms with E-state index < -0.39 is 17.5 Å². The number of aromatic nitrogens is 4. The number of ether oxygens (including phenoxy) is 2. The number of carbonyl (C=O) groups is 4. The Hall–Kier alpha value is -7.17. The Labute approximate surface area is 460 Å². The van der Waals surface area contributed by atoms with Gasteiger partial charge in [-0.25, -0.2) is 14.8 Å². The summed E-state index contributed by atoms with van der Waals surface area (Å²) in [5.41, 5.74) is 8.47. The zero-order valence-electron chi connectivity index (χ0n) is 45.8. The van der Waals surface area contributed by atoms with Crippen molar-refractivity contribution in [1.29, 1.82) is 0 Å². The number of para-hydroxylation sites is 2. The number of piperazine rings is 1. The molecule has 406 valence electrons. The van der Waals surface area contributed by atoms with Gasteiger partial charge in [0.2, 0.25) is 11.8 Å². The molecule has 3 aromatic heterocycles. The number of anilines is 3. The molecule has 6 heterocycles. The monoisotopic (exact) mass is 1070 g/mol. The van der Waals surface area contributed by atoms with Gasteiger partial charge in [-0.05, 0) is 150 Å². The van der Waals surface area contributed by atoms with Crippen LogP contribution in [0.25, 0.3) is 32.2 Å². The third-order valence-electron chi connectivity index (χ3n) is 16.4. The fourth-order valence-electron chi connectivity index (χ4n) is 12.3. The molecule has 0 unspecified atom stereocenters. The van der Waals surface area contributed by atoms with E-state index in [0.29, 0.717) is 66.4 Å². The molecule has 78 heavy (non-hydrogen) atoms. The fraction of sp³-hybridized carbons (Fsp3) is 0.435. The maximum Gasteiger partial charge on any atom is 0.358 e. The van der Waals surface area contributed by atoms with Gasteiger partial charge in [-0.2, -0.15) is 5.10 Å². The minimum atomic E-state index is -0.733. The number of nitrogens with zero attached hydrogens (tertiary/aromatic N) is 7. The molecule has 0 spiro atoms. The van der Waals surface area contributed by atoms with E-state index in [2.05, 4.69) is 68.4 Å².